The molecule has 1 aromatic rings. The molecule has 7 nitrogen and oxygen atoms in total. The van der Waals surface area contributed by atoms with Crippen molar-refractivity contribution >= 4 is 16.1 Å². The van der Waals surface area contributed by atoms with E-state index in [2.05, 4.69) is 4.98 Å². The van der Waals surface area contributed by atoms with Crippen LogP contribution in [-0.2, 0) is 28.4 Å². The maximum Gasteiger partial charge on any atom is 0.490 e. The average molecular weight is 318 g/mol. The molecule has 116 valence electrons. The number of aryl methyl sites for hydroxylation is 2. The van der Waals surface area contributed by atoms with E-state index in [4.69, 9.17) is 14.5 Å². The first kappa shape index (κ1) is 18.4. The molecule has 0 fully saturated rings. The first-order valence-electron chi connectivity index (χ1n) is 5.15. The highest BCUT2D eigenvalue weighted by Crippen LogP contribution is 2.13. The Balaban J connectivity index is 0.000000441. The summed E-state index contributed by atoms with van der Waals surface area (Å²) >= 11 is 0. The van der Waals surface area contributed by atoms with Gasteiger partial charge in [-0.25, -0.2) is 9.78 Å². The van der Waals surface area contributed by atoms with Crippen molar-refractivity contribution in [2.75, 3.05) is 5.75 Å². The summed E-state index contributed by atoms with van der Waals surface area (Å²) in [7, 11) is -1.98. The summed E-state index contributed by atoms with van der Waals surface area (Å²) in [5.41, 5.74) is 0. The van der Waals surface area contributed by atoms with E-state index >= 15 is 0 Å². The van der Waals surface area contributed by atoms with Gasteiger partial charge in [0.25, 0.3) is 10.1 Å². The van der Waals surface area contributed by atoms with E-state index in [1.165, 1.54) is 0 Å². The topological polar surface area (TPSA) is 109 Å². The van der Waals surface area contributed by atoms with Gasteiger partial charge >= 0.3 is 12.1 Å². The van der Waals surface area contributed by atoms with Gasteiger partial charge in [-0.15, -0.1) is 0 Å². The molecule has 1 rings (SSSR count). The molecule has 0 saturated heterocycles. The Hall–Kier alpha value is -1.62. The van der Waals surface area contributed by atoms with Gasteiger partial charge in [0.1, 0.15) is 5.82 Å². The highest BCUT2D eigenvalue weighted by Gasteiger charge is 2.38. The molecule has 0 atom stereocenters. The third-order valence-electron chi connectivity index (χ3n) is 1.97. The van der Waals surface area contributed by atoms with Crippen LogP contribution in [0.4, 0.5) is 13.2 Å². The summed E-state index contributed by atoms with van der Waals surface area (Å²) in [5.74, 6) is -2.14. The van der Waals surface area contributed by atoms with Crippen molar-refractivity contribution in [2.24, 2.45) is 7.05 Å². The zero-order valence-corrected chi connectivity index (χ0v) is 11.1. The molecule has 0 aliphatic heterocycles. The third kappa shape index (κ3) is 8.48. The van der Waals surface area contributed by atoms with Gasteiger partial charge in [0.15, 0.2) is 0 Å². The van der Waals surface area contributed by atoms with E-state index in [1.54, 1.807) is 12.4 Å². The smallest absolute Gasteiger partial charge is 0.475 e. The summed E-state index contributed by atoms with van der Waals surface area (Å²) in [6.07, 6.45) is -0.682. The van der Waals surface area contributed by atoms with Gasteiger partial charge in [0.05, 0.1) is 5.75 Å². The molecule has 11 heteroatoms. The molecule has 20 heavy (non-hydrogen) atoms. The quantitative estimate of drug-likeness (QED) is 0.797. The number of carboxylic acids is 1. The lowest BCUT2D eigenvalue weighted by molar-refractivity contribution is -0.192. The van der Waals surface area contributed by atoms with Crippen LogP contribution in [0.1, 0.15) is 12.2 Å². The number of hydrogen-bond donors (Lipinski definition) is 2. The van der Waals surface area contributed by atoms with E-state index in [0.717, 1.165) is 5.82 Å². The highest BCUT2D eigenvalue weighted by molar-refractivity contribution is 7.85. The lowest BCUT2D eigenvalue weighted by Crippen LogP contribution is -2.21. The van der Waals surface area contributed by atoms with Crippen molar-refractivity contribution in [2.45, 2.75) is 19.0 Å². The van der Waals surface area contributed by atoms with Gasteiger partial charge in [-0.05, 0) is 6.42 Å². The molecular formula is C9H13F3N2O5S. The first-order chi connectivity index (χ1) is 8.93. The predicted molar refractivity (Wildman–Crippen MR) is 61.6 cm³/mol. The van der Waals surface area contributed by atoms with E-state index in [9.17, 15) is 21.6 Å². The summed E-state index contributed by atoms with van der Waals surface area (Å²) < 4.78 is 62.8. The average Bonchev–Trinajstić information content (AvgIpc) is 2.62. The molecule has 1 heterocycles. The summed E-state index contributed by atoms with van der Waals surface area (Å²) in [5, 5.41) is 7.12. The van der Waals surface area contributed by atoms with E-state index in [1.807, 2.05) is 11.6 Å². The SMILES string of the molecule is Cn1ccnc1CCCS(=O)(=O)O.O=C(O)C(F)(F)F. The number of imidazole rings is 1. The maximum atomic E-state index is 10.6. The molecule has 0 aromatic carbocycles. The highest BCUT2D eigenvalue weighted by atomic mass is 32.2. The number of nitrogens with zero attached hydrogens (tertiary/aromatic N) is 2. The van der Waals surface area contributed by atoms with Crippen molar-refractivity contribution < 1.29 is 36.0 Å². The van der Waals surface area contributed by atoms with Crippen LogP contribution in [0.5, 0.6) is 0 Å². The minimum absolute atomic E-state index is 0.208. The minimum atomic E-state index is -5.08. The molecule has 0 bridgehead atoms. The maximum absolute atomic E-state index is 10.6. The molecule has 0 spiro atoms. The Morgan fingerprint density at radius 2 is 1.95 bits per heavy atom. The Morgan fingerprint density at radius 3 is 2.25 bits per heavy atom. The zero-order chi connectivity index (χ0) is 16.0. The fraction of sp³-hybridized carbons (Fsp3) is 0.556. The number of rotatable bonds is 4. The Kier molecular flexibility index (Phi) is 6.65. The van der Waals surface area contributed by atoms with Crippen molar-refractivity contribution in [3.63, 3.8) is 0 Å². The van der Waals surface area contributed by atoms with E-state index in [-0.39, 0.29) is 5.75 Å². The monoisotopic (exact) mass is 318 g/mol. The minimum Gasteiger partial charge on any atom is -0.475 e. The predicted octanol–water partition coefficient (Wildman–Crippen LogP) is 0.874. The Bertz CT molecular complexity index is 538. The number of carbonyl (C=O) groups is 1. The zero-order valence-electron chi connectivity index (χ0n) is 10.3. The van der Waals surface area contributed by atoms with Gasteiger partial charge in [-0.2, -0.15) is 21.6 Å². The second-order valence-electron chi connectivity index (χ2n) is 3.65. The molecule has 0 unspecified atom stereocenters. The van der Waals surface area contributed by atoms with Crippen molar-refractivity contribution in [3.8, 4) is 0 Å². The molecule has 0 amide bonds. The molecule has 0 aliphatic rings. The van der Waals surface area contributed by atoms with Crippen LogP contribution in [0.2, 0.25) is 0 Å². The van der Waals surface area contributed by atoms with E-state index in [0.29, 0.717) is 12.8 Å². The van der Waals surface area contributed by atoms with Crippen molar-refractivity contribution in [3.05, 3.63) is 18.2 Å². The normalized spacial score (nSPS) is 11.7. The fourth-order valence-corrected chi connectivity index (χ4v) is 1.56. The van der Waals surface area contributed by atoms with Crippen molar-refractivity contribution in [1.29, 1.82) is 0 Å². The molecule has 1 aromatic heterocycles. The number of aromatic nitrogens is 2. The Labute approximate surface area is 112 Å². The molecular weight excluding hydrogens is 305 g/mol. The van der Waals surface area contributed by atoms with Gasteiger partial charge in [-0.3, -0.25) is 4.55 Å². The van der Waals surface area contributed by atoms with E-state index < -0.39 is 22.3 Å². The molecule has 0 aliphatic carbocycles. The molecule has 0 radical (unpaired) electrons. The summed E-state index contributed by atoms with van der Waals surface area (Å²) in [4.78, 5) is 12.9. The molecule has 2 N–H and O–H groups in total. The number of hydrogen-bond acceptors (Lipinski definition) is 4. The number of alkyl halides is 3. The lowest BCUT2D eigenvalue weighted by Gasteiger charge is -1.99. The van der Waals surface area contributed by atoms with Gasteiger partial charge in [-0.1, -0.05) is 0 Å². The standard InChI is InChI=1S/C7H12N2O3S.C2HF3O2/c1-9-5-4-8-7(9)3-2-6-13(10,11)12;3-2(4,5)1(6)7/h4-5H,2-3,6H2,1H3,(H,10,11,12);(H,6,7). The van der Waals surface area contributed by atoms with Crippen LogP contribution in [0, 0.1) is 0 Å². The van der Waals surface area contributed by atoms with Crippen LogP contribution in [0.15, 0.2) is 12.4 Å². The second kappa shape index (κ2) is 7.24. The third-order valence-corrected chi connectivity index (χ3v) is 2.77. The van der Waals surface area contributed by atoms with Crippen LogP contribution in [0.3, 0.4) is 0 Å². The largest absolute Gasteiger partial charge is 0.490 e. The lowest BCUT2D eigenvalue weighted by atomic mass is 10.3. The summed E-state index contributed by atoms with van der Waals surface area (Å²) in [6, 6.07) is 0. The van der Waals surface area contributed by atoms with Crippen molar-refractivity contribution in [1.82, 2.24) is 9.55 Å². The first-order valence-corrected chi connectivity index (χ1v) is 6.76. The molecule has 0 saturated carbocycles. The second-order valence-corrected chi connectivity index (χ2v) is 5.22. The van der Waals surface area contributed by atoms with Gasteiger partial charge in [0, 0.05) is 25.9 Å². The van der Waals surface area contributed by atoms with Crippen LogP contribution in [0.25, 0.3) is 0 Å². The van der Waals surface area contributed by atoms with Gasteiger partial charge < -0.3 is 9.67 Å². The fourth-order valence-electron chi connectivity index (χ4n) is 1.05. The summed E-state index contributed by atoms with van der Waals surface area (Å²) in [6.45, 7) is 0. The number of halogens is 3. The number of aliphatic carboxylic acids is 1. The Morgan fingerprint density at radius 1 is 1.45 bits per heavy atom. The van der Waals surface area contributed by atoms with Crippen LogP contribution >= 0.6 is 0 Å². The van der Waals surface area contributed by atoms with Gasteiger partial charge in [0.2, 0.25) is 0 Å². The number of carboxylic acid groups (broad SMARTS) is 1. The van der Waals surface area contributed by atoms with Crippen LogP contribution < -0.4 is 0 Å². The van der Waals surface area contributed by atoms with Crippen LogP contribution in [-0.4, -0.2) is 45.5 Å².